The Kier molecular flexibility index (Phi) is 15.4. The molecule has 1 aromatic carbocycles. The van der Waals surface area contributed by atoms with E-state index in [-0.39, 0.29) is 36.1 Å². The number of aliphatic hydroxyl groups is 1. The van der Waals surface area contributed by atoms with E-state index in [0.29, 0.717) is 40.7 Å². The fraction of sp³-hybridized carbons (Fsp3) is 0.500. The van der Waals surface area contributed by atoms with E-state index in [0.717, 1.165) is 49.5 Å². The van der Waals surface area contributed by atoms with Gasteiger partial charge in [0, 0.05) is 38.2 Å². The van der Waals surface area contributed by atoms with Gasteiger partial charge in [0.2, 0.25) is 5.78 Å². The molecule has 1 amide bonds. The second kappa shape index (κ2) is 19.0. The summed E-state index contributed by atoms with van der Waals surface area (Å²) in [4.78, 5) is 33.9. The van der Waals surface area contributed by atoms with Crippen LogP contribution in [0.1, 0.15) is 86.5 Å². The number of aliphatic hydroxyl groups excluding tert-OH is 1. The van der Waals surface area contributed by atoms with Gasteiger partial charge < -0.3 is 19.5 Å². The number of likely N-dealkylation sites (N-methyl/N-ethyl adjacent to an activating group) is 1. The molecule has 284 valence electrons. The minimum Gasteiger partial charge on any atom is -0.495 e. The van der Waals surface area contributed by atoms with Crippen LogP contribution in [0, 0.1) is 11.8 Å². The lowest BCUT2D eigenvalue weighted by atomic mass is 9.82. The summed E-state index contributed by atoms with van der Waals surface area (Å²) in [6, 6.07) is 6.18. The van der Waals surface area contributed by atoms with Crippen LogP contribution < -0.4 is 15.0 Å². The van der Waals surface area contributed by atoms with Crippen molar-refractivity contribution in [3.8, 4) is 5.75 Å². The highest BCUT2D eigenvalue weighted by Gasteiger charge is 2.37. The van der Waals surface area contributed by atoms with Crippen LogP contribution in [0.25, 0.3) is 0 Å². The number of anilines is 1. The smallest absolute Gasteiger partial charge is 0.421 e. The third kappa shape index (κ3) is 11.4. The molecule has 0 saturated heterocycles. The van der Waals surface area contributed by atoms with E-state index < -0.39 is 35.4 Å². The molecule has 1 aliphatic carbocycles. The van der Waals surface area contributed by atoms with Gasteiger partial charge >= 0.3 is 6.18 Å². The minimum atomic E-state index is -4.83. The van der Waals surface area contributed by atoms with E-state index in [1.807, 2.05) is 6.92 Å². The molecule has 4 atom stereocenters. The van der Waals surface area contributed by atoms with E-state index in [2.05, 4.69) is 35.7 Å². The van der Waals surface area contributed by atoms with Gasteiger partial charge in [-0.05, 0) is 87.6 Å². The molecule has 1 aliphatic heterocycles. The van der Waals surface area contributed by atoms with Crippen LogP contribution in [0.15, 0.2) is 92.6 Å². The number of ketones is 1. The number of Topliss-reactive ketones (excluding diaryl/α,β-unsaturated/α-hetero) is 1. The molecule has 2 N–H and O–H groups in total. The van der Waals surface area contributed by atoms with Crippen LogP contribution in [-0.4, -0.2) is 61.3 Å². The first kappa shape index (κ1) is 42.1. The fourth-order valence-corrected chi connectivity index (χ4v) is 6.15. The van der Waals surface area contributed by atoms with Crippen molar-refractivity contribution in [1.29, 1.82) is 0 Å². The zero-order valence-electron chi connectivity index (χ0n) is 31.6. The summed E-state index contributed by atoms with van der Waals surface area (Å²) in [6.45, 7) is 14.8. The van der Waals surface area contributed by atoms with E-state index in [9.17, 15) is 27.9 Å². The van der Waals surface area contributed by atoms with Crippen LogP contribution >= 0.6 is 0 Å². The molecule has 12 heteroatoms. The number of benzene rings is 1. The molecule has 1 heterocycles. The van der Waals surface area contributed by atoms with Crippen molar-refractivity contribution in [1.82, 2.24) is 5.32 Å². The van der Waals surface area contributed by atoms with Gasteiger partial charge in [-0.25, -0.2) is 9.98 Å². The summed E-state index contributed by atoms with van der Waals surface area (Å²) in [7, 11) is 2.81. The number of ether oxygens (including phenoxy) is 2. The summed E-state index contributed by atoms with van der Waals surface area (Å²) >= 11 is 0. The zero-order chi connectivity index (χ0) is 38.7. The van der Waals surface area contributed by atoms with Gasteiger partial charge in [0.25, 0.3) is 5.91 Å². The standard InChI is InChI=1S/C40H53F3N4O5/c1-10-24(2)31(38(49)46-30-15-13-14-25(3)26(4)18-20-30)22-36(51-9)28(6)45-37-27(5)19-21-34(32(23-44-37)40(41,42)43)52-35-17-12-11-16-33(35)47(8)39(50)29(7)48/h10-12,16-17,22-23,25-26,30,38,46,49H,1,13-15,18-21H2,2-9H3/b31-24?,34-32?,36-22+,37-27?,44-23?,45-28?. The number of amides is 1. The molecule has 4 unspecified atom stereocenters. The van der Waals surface area contributed by atoms with Crippen molar-refractivity contribution in [2.24, 2.45) is 21.8 Å². The molecule has 0 aromatic heterocycles. The van der Waals surface area contributed by atoms with Crippen molar-refractivity contribution >= 4 is 29.3 Å². The molecule has 0 radical (unpaired) electrons. The van der Waals surface area contributed by atoms with Gasteiger partial charge in [0.05, 0.1) is 18.5 Å². The molecule has 1 aromatic rings. The molecule has 0 bridgehead atoms. The number of nitrogens with zero attached hydrogens (tertiary/aromatic N) is 3. The lowest BCUT2D eigenvalue weighted by Gasteiger charge is -2.30. The average Bonchev–Trinajstić information content (AvgIpc) is 3.09. The topological polar surface area (TPSA) is 113 Å². The predicted molar refractivity (Wildman–Crippen MR) is 200 cm³/mol. The van der Waals surface area contributed by atoms with Crippen LogP contribution in [-0.2, 0) is 14.3 Å². The molecular weight excluding hydrogens is 673 g/mol. The third-order valence-corrected chi connectivity index (χ3v) is 9.84. The summed E-state index contributed by atoms with van der Waals surface area (Å²) in [6.07, 6.45) is 3.30. The summed E-state index contributed by atoms with van der Waals surface area (Å²) < 4.78 is 55.0. The summed E-state index contributed by atoms with van der Waals surface area (Å²) in [5.74, 6) is -0.329. The van der Waals surface area contributed by atoms with Gasteiger partial charge in [-0.2, -0.15) is 13.2 Å². The Labute approximate surface area is 305 Å². The van der Waals surface area contributed by atoms with Gasteiger partial charge in [0.15, 0.2) is 11.6 Å². The number of halogens is 3. The highest BCUT2D eigenvalue weighted by Crippen LogP contribution is 2.36. The van der Waals surface area contributed by atoms with Gasteiger partial charge in [-0.15, -0.1) is 0 Å². The number of allylic oxidation sites excluding steroid dienone is 6. The number of nitrogens with one attached hydrogen (secondary N) is 1. The Morgan fingerprint density at radius 1 is 1.10 bits per heavy atom. The highest BCUT2D eigenvalue weighted by molar-refractivity contribution is 6.40. The van der Waals surface area contributed by atoms with Gasteiger partial charge in [-0.1, -0.05) is 51.5 Å². The molecular formula is C40H53F3N4O5. The Balaban J connectivity index is 1.95. The number of hydrogen-bond donors (Lipinski definition) is 2. The van der Waals surface area contributed by atoms with Crippen molar-refractivity contribution < 1.29 is 37.3 Å². The number of methoxy groups -OCH3 is 1. The molecule has 52 heavy (non-hydrogen) atoms. The SMILES string of the molecule is C=CC(C)=C(/C=C(/OC)C(C)=NC1=C(C)CCC(Oc2ccccc2N(C)C(=O)C(C)=O)=C(C(F)(F)F)C=N1)C(O)NC1CCCC(C)C(C)CC1. The molecule has 1 saturated carbocycles. The normalized spacial score (nSPS) is 22.0. The number of rotatable bonds is 12. The lowest BCUT2D eigenvalue weighted by molar-refractivity contribution is -0.134. The van der Waals surface area contributed by atoms with E-state index in [4.69, 9.17) is 9.47 Å². The second-order valence-corrected chi connectivity index (χ2v) is 13.7. The maximum atomic E-state index is 14.5. The third-order valence-electron chi connectivity index (χ3n) is 9.84. The molecule has 9 nitrogen and oxygen atoms in total. The first-order valence-electron chi connectivity index (χ1n) is 17.7. The first-order chi connectivity index (χ1) is 24.5. The fourth-order valence-electron chi connectivity index (χ4n) is 6.15. The molecule has 2 aliphatic rings. The number of aliphatic imine (C=N–C) groups is 2. The molecule has 0 spiro atoms. The van der Waals surface area contributed by atoms with E-state index >= 15 is 0 Å². The first-order valence-corrected chi connectivity index (χ1v) is 17.7. The maximum Gasteiger partial charge on any atom is 0.421 e. The monoisotopic (exact) mass is 726 g/mol. The number of alkyl halides is 3. The quantitative estimate of drug-likeness (QED) is 0.0734. The van der Waals surface area contributed by atoms with Crippen molar-refractivity contribution in [3.63, 3.8) is 0 Å². The molecule has 1 fully saturated rings. The largest absolute Gasteiger partial charge is 0.495 e. The lowest BCUT2D eigenvalue weighted by Crippen LogP contribution is -2.40. The summed E-state index contributed by atoms with van der Waals surface area (Å²) in [5, 5.41) is 14.8. The maximum absolute atomic E-state index is 14.5. The van der Waals surface area contributed by atoms with Crippen molar-refractivity contribution in [2.75, 3.05) is 19.1 Å². The number of carbonyl (C=O) groups is 2. The van der Waals surface area contributed by atoms with Crippen molar-refractivity contribution in [3.05, 3.63) is 82.6 Å². The predicted octanol–water partition coefficient (Wildman–Crippen LogP) is 8.54. The van der Waals surface area contributed by atoms with Crippen LogP contribution in [0.2, 0.25) is 0 Å². The van der Waals surface area contributed by atoms with E-state index in [1.54, 1.807) is 38.1 Å². The second-order valence-electron chi connectivity index (χ2n) is 13.7. The number of para-hydroxylation sites is 2. The highest BCUT2D eigenvalue weighted by atomic mass is 19.4. The molecule has 3 rings (SSSR count). The van der Waals surface area contributed by atoms with Gasteiger partial charge in [0.1, 0.15) is 23.3 Å². The summed E-state index contributed by atoms with van der Waals surface area (Å²) in [5.41, 5.74) is 1.22. The van der Waals surface area contributed by atoms with Crippen molar-refractivity contribution in [2.45, 2.75) is 105 Å². The van der Waals surface area contributed by atoms with E-state index in [1.165, 1.54) is 26.3 Å². The minimum absolute atomic E-state index is 0.0232. The average molecular weight is 727 g/mol. The Bertz CT molecular complexity index is 1670. The Morgan fingerprint density at radius 2 is 1.77 bits per heavy atom. The number of carbonyl (C=O) groups excluding carboxylic acids is 2. The number of hydrogen-bond acceptors (Lipinski definition) is 8. The zero-order valence-corrected chi connectivity index (χ0v) is 31.6. The van der Waals surface area contributed by atoms with Crippen LogP contribution in [0.4, 0.5) is 18.9 Å². The van der Waals surface area contributed by atoms with Gasteiger partial charge in [-0.3, -0.25) is 14.9 Å². The Hall–Kier alpha value is -4.29. The van der Waals surface area contributed by atoms with Crippen LogP contribution in [0.5, 0.6) is 5.75 Å². The Morgan fingerprint density at radius 3 is 2.40 bits per heavy atom. The van der Waals surface area contributed by atoms with Crippen LogP contribution in [0.3, 0.4) is 0 Å².